The van der Waals surface area contributed by atoms with E-state index in [1.807, 2.05) is 19.1 Å². The van der Waals surface area contributed by atoms with Crippen molar-refractivity contribution in [3.63, 3.8) is 0 Å². The third-order valence-electron chi connectivity index (χ3n) is 2.66. The first-order valence-corrected chi connectivity index (χ1v) is 6.53. The molecule has 1 atom stereocenters. The smallest absolute Gasteiger partial charge is 0.225 e. The fraction of sp³-hybridized carbons (Fsp3) is 0.583. The quantitative estimate of drug-likeness (QED) is 0.877. The van der Waals surface area contributed by atoms with Crippen LogP contribution in [0.5, 0.6) is 0 Å². The van der Waals surface area contributed by atoms with Gasteiger partial charge in [-0.05, 0) is 47.4 Å². The van der Waals surface area contributed by atoms with Gasteiger partial charge in [-0.15, -0.1) is 0 Å². The molecule has 2 N–H and O–H groups in total. The maximum atomic E-state index is 12.0. The molecular weight excluding hydrogens is 284 g/mol. The fourth-order valence-corrected chi connectivity index (χ4v) is 2.01. The van der Waals surface area contributed by atoms with Gasteiger partial charge in [-0.1, -0.05) is 6.92 Å². The Labute approximate surface area is 110 Å². The van der Waals surface area contributed by atoms with Crippen LogP contribution in [0.1, 0.15) is 25.5 Å². The summed E-state index contributed by atoms with van der Waals surface area (Å²) in [7, 11) is 1.79. The number of hydrogen-bond donors (Lipinski definition) is 1. The lowest BCUT2D eigenvalue weighted by molar-refractivity contribution is -0.134. The van der Waals surface area contributed by atoms with Crippen molar-refractivity contribution in [3.05, 3.63) is 22.6 Å². The van der Waals surface area contributed by atoms with Crippen molar-refractivity contribution in [3.8, 4) is 0 Å². The van der Waals surface area contributed by atoms with Crippen molar-refractivity contribution in [1.29, 1.82) is 0 Å². The summed E-state index contributed by atoms with van der Waals surface area (Å²) in [6.07, 6.45) is 1.72. The van der Waals surface area contributed by atoms with Gasteiger partial charge >= 0.3 is 0 Å². The lowest BCUT2D eigenvalue weighted by Crippen LogP contribution is -2.31. The predicted octanol–water partition coefficient (Wildman–Crippen LogP) is 2.38. The highest BCUT2D eigenvalue weighted by Crippen LogP contribution is 2.16. The van der Waals surface area contributed by atoms with E-state index >= 15 is 0 Å². The Bertz CT molecular complexity index is 365. The average molecular weight is 303 g/mol. The molecule has 4 nitrogen and oxygen atoms in total. The van der Waals surface area contributed by atoms with Crippen LogP contribution in [0.4, 0.5) is 0 Å². The third-order valence-corrected chi connectivity index (χ3v) is 3.09. The second-order valence-corrected chi connectivity index (χ2v) is 5.01. The second kappa shape index (κ2) is 6.81. The van der Waals surface area contributed by atoms with Crippen LogP contribution in [0.15, 0.2) is 21.2 Å². The number of furan rings is 1. The molecule has 1 amide bonds. The van der Waals surface area contributed by atoms with Crippen LogP contribution < -0.4 is 5.73 Å². The molecule has 17 heavy (non-hydrogen) atoms. The zero-order valence-electron chi connectivity index (χ0n) is 10.3. The number of amides is 1. The maximum absolute atomic E-state index is 12.0. The van der Waals surface area contributed by atoms with E-state index < -0.39 is 0 Å². The first-order chi connectivity index (χ1) is 8.04. The molecule has 0 aliphatic carbocycles. The Balaban J connectivity index is 2.46. The molecule has 96 valence electrons. The summed E-state index contributed by atoms with van der Waals surface area (Å²) in [6, 6.07) is 3.68. The number of hydrogen-bond acceptors (Lipinski definition) is 3. The zero-order valence-corrected chi connectivity index (χ0v) is 11.9. The Morgan fingerprint density at radius 2 is 2.29 bits per heavy atom. The van der Waals surface area contributed by atoms with Gasteiger partial charge in [0.15, 0.2) is 4.67 Å². The summed E-state index contributed by atoms with van der Waals surface area (Å²) in [4.78, 5) is 13.7. The highest BCUT2D eigenvalue weighted by atomic mass is 79.9. The van der Waals surface area contributed by atoms with Crippen molar-refractivity contribution >= 4 is 21.8 Å². The number of nitrogens with zero attached hydrogens (tertiary/aromatic N) is 1. The van der Waals surface area contributed by atoms with Crippen LogP contribution in [0.25, 0.3) is 0 Å². The summed E-state index contributed by atoms with van der Waals surface area (Å²) in [5.41, 5.74) is 5.43. The number of carbonyl (C=O) groups is 1. The minimum Gasteiger partial charge on any atom is -0.452 e. The molecule has 1 aromatic rings. The third kappa shape index (κ3) is 4.52. The highest BCUT2D eigenvalue weighted by molar-refractivity contribution is 9.10. The van der Waals surface area contributed by atoms with Gasteiger partial charge < -0.3 is 15.1 Å². The Kier molecular flexibility index (Phi) is 5.71. The fourth-order valence-electron chi connectivity index (χ4n) is 1.67. The van der Waals surface area contributed by atoms with Crippen LogP contribution in [0.2, 0.25) is 0 Å². The molecule has 1 aromatic heterocycles. The van der Waals surface area contributed by atoms with Gasteiger partial charge in [-0.2, -0.15) is 0 Å². The molecule has 0 aliphatic heterocycles. The van der Waals surface area contributed by atoms with Gasteiger partial charge in [0.05, 0.1) is 6.54 Å². The molecule has 5 heteroatoms. The van der Waals surface area contributed by atoms with Crippen LogP contribution in [0.3, 0.4) is 0 Å². The normalized spacial score (nSPS) is 12.5. The summed E-state index contributed by atoms with van der Waals surface area (Å²) in [5.74, 6) is 0.923. The minimum atomic E-state index is 0.0157. The van der Waals surface area contributed by atoms with E-state index in [-0.39, 0.29) is 11.8 Å². The lowest BCUT2D eigenvalue weighted by Gasteiger charge is -2.20. The van der Waals surface area contributed by atoms with Gasteiger partial charge in [-0.25, -0.2) is 0 Å². The molecule has 0 aromatic carbocycles. The second-order valence-electron chi connectivity index (χ2n) is 4.23. The summed E-state index contributed by atoms with van der Waals surface area (Å²) < 4.78 is 6.05. The Morgan fingerprint density at radius 3 is 2.82 bits per heavy atom. The summed E-state index contributed by atoms with van der Waals surface area (Å²) >= 11 is 3.24. The maximum Gasteiger partial charge on any atom is 0.225 e. The van der Waals surface area contributed by atoms with E-state index in [0.29, 0.717) is 17.8 Å². The number of carbonyl (C=O) groups excluding carboxylic acids is 1. The molecular formula is C12H19BrN2O2. The molecule has 0 bridgehead atoms. The molecule has 0 fully saturated rings. The van der Waals surface area contributed by atoms with E-state index in [0.717, 1.165) is 18.6 Å². The largest absolute Gasteiger partial charge is 0.452 e. The van der Waals surface area contributed by atoms with Crippen LogP contribution in [-0.2, 0) is 11.3 Å². The van der Waals surface area contributed by atoms with Crippen molar-refractivity contribution < 1.29 is 9.21 Å². The predicted molar refractivity (Wildman–Crippen MR) is 70.3 cm³/mol. The molecule has 0 radical (unpaired) electrons. The van der Waals surface area contributed by atoms with Crippen molar-refractivity contribution in [2.75, 3.05) is 13.6 Å². The van der Waals surface area contributed by atoms with E-state index in [1.165, 1.54) is 0 Å². The highest BCUT2D eigenvalue weighted by Gasteiger charge is 2.17. The van der Waals surface area contributed by atoms with Gasteiger partial charge in [-0.3, -0.25) is 4.79 Å². The van der Waals surface area contributed by atoms with Gasteiger partial charge in [0.2, 0.25) is 5.91 Å². The van der Waals surface area contributed by atoms with Gasteiger partial charge in [0.1, 0.15) is 5.76 Å². The van der Waals surface area contributed by atoms with E-state index in [4.69, 9.17) is 10.2 Å². The first-order valence-electron chi connectivity index (χ1n) is 5.74. The SMILES string of the molecule is CC(CCCN)C(=O)N(C)Cc1ccc(Br)o1. The van der Waals surface area contributed by atoms with Crippen LogP contribution in [0, 0.1) is 5.92 Å². The van der Waals surface area contributed by atoms with Crippen molar-refractivity contribution in [2.24, 2.45) is 11.7 Å². The first kappa shape index (κ1) is 14.3. The minimum absolute atomic E-state index is 0.0157. The number of rotatable bonds is 6. The molecule has 0 saturated carbocycles. The molecule has 0 spiro atoms. The monoisotopic (exact) mass is 302 g/mol. The van der Waals surface area contributed by atoms with Crippen LogP contribution >= 0.6 is 15.9 Å². The average Bonchev–Trinajstić information content (AvgIpc) is 2.70. The van der Waals surface area contributed by atoms with E-state index in [2.05, 4.69) is 15.9 Å². The molecule has 0 aliphatic rings. The summed E-state index contributed by atoms with van der Waals surface area (Å²) in [6.45, 7) is 3.07. The van der Waals surface area contributed by atoms with Crippen molar-refractivity contribution in [2.45, 2.75) is 26.3 Å². The molecule has 1 unspecified atom stereocenters. The standard InChI is InChI=1S/C12H19BrN2O2/c1-9(4-3-7-14)12(16)15(2)8-10-5-6-11(13)17-10/h5-6,9H,3-4,7-8,14H2,1-2H3. The Morgan fingerprint density at radius 1 is 1.59 bits per heavy atom. The molecule has 0 saturated heterocycles. The zero-order chi connectivity index (χ0) is 12.8. The number of nitrogens with two attached hydrogens (primary N) is 1. The lowest BCUT2D eigenvalue weighted by atomic mass is 10.0. The van der Waals surface area contributed by atoms with Gasteiger partial charge in [0, 0.05) is 13.0 Å². The van der Waals surface area contributed by atoms with Crippen molar-refractivity contribution in [1.82, 2.24) is 4.90 Å². The summed E-state index contributed by atoms with van der Waals surface area (Å²) in [5, 5.41) is 0. The van der Waals surface area contributed by atoms with Gasteiger partial charge in [0.25, 0.3) is 0 Å². The van der Waals surface area contributed by atoms with Crippen LogP contribution in [-0.4, -0.2) is 24.4 Å². The number of halogens is 1. The topological polar surface area (TPSA) is 59.5 Å². The Hall–Kier alpha value is -0.810. The molecule has 1 heterocycles. The van der Waals surface area contributed by atoms with E-state index in [9.17, 15) is 4.79 Å². The van der Waals surface area contributed by atoms with E-state index in [1.54, 1.807) is 11.9 Å². The molecule has 1 rings (SSSR count).